The number of rotatable bonds is 4. The quantitative estimate of drug-likeness (QED) is 0.927. The molecule has 0 fully saturated rings. The highest BCUT2D eigenvalue weighted by Gasteiger charge is 2.22. The number of aromatic nitrogens is 2. The summed E-state index contributed by atoms with van der Waals surface area (Å²) in [7, 11) is 0. The van der Waals surface area contributed by atoms with Gasteiger partial charge in [-0.3, -0.25) is 4.79 Å². The Kier molecular flexibility index (Phi) is 3.16. The molecule has 1 aliphatic heterocycles. The number of fused-ring (bicyclic) bond motifs is 1. The van der Waals surface area contributed by atoms with Crippen LogP contribution in [0.2, 0.25) is 0 Å². The second kappa shape index (κ2) is 4.97. The topological polar surface area (TPSA) is 66.3 Å². The zero-order valence-corrected chi connectivity index (χ0v) is 11.1. The molecule has 1 aromatic heterocycles. The third-order valence-corrected chi connectivity index (χ3v) is 4.13. The molecule has 3 rings (SSSR count). The molecule has 0 aliphatic carbocycles. The predicted molar refractivity (Wildman–Crippen MR) is 73.0 cm³/mol. The predicted octanol–water partition coefficient (Wildman–Crippen LogP) is 2.25. The van der Waals surface area contributed by atoms with Crippen molar-refractivity contribution in [2.75, 3.05) is 11.4 Å². The Hall–Kier alpha value is -1.95. The number of nitrogens with zero attached hydrogens (tertiary/aromatic N) is 3. The maximum atomic E-state index is 10.5. The molecule has 1 aromatic carbocycles. The molecule has 0 atom stereocenters. The van der Waals surface area contributed by atoms with Gasteiger partial charge in [-0.15, -0.1) is 10.2 Å². The summed E-state index contributed by atoms with van der Waals surface area (Å²) < 4.78 is 0. The Labute approximate surface area is 114 Å². The van der Waals surface area contributed by atoms with Gasteiger partial charge in [0.2, 0.25) is 5.13 Å². The van der Waals surface area contributed by atoms with Crippen LogP contribution in [-0.4, -0.2) is 27.8 Å². The van der Waals surface area contributed by atoms with Crippen molar-refractivity contribution in [1.29, 1.82) is 0 Å². The van der Waals surface area contributed by atoms with Gasteiger partial charge in [0.1, 0.15) is 5.01 Å². The normalized spacial score (nSPS) is 13.6. The zero-order valence-electron chi connectivity index (χ0n) is 10.2. The molecule has 0 amide bonds. The summed E-state index contributed by atoms with van der Waals surface area (Å²) in [5.41, 5.74) is 2.51. The third-order valence-electron chi connectivity index (χ3n) is 3.13. The van der Waals surface area contributed by atoms with E-state index in [2.05, 4.69) is 27.2 Å². The number of anilines is 2. The number of benzene rings is 1. The Morgan fingerprint density at radius 3 is 3.05 bits per heavy atom. The minimum atomic E-state index is -0.803. The van der Waals surface area contributed by atoms with Gasteiger partial charge in [0, 0.05) is 18.7 Å². The number of aliphatic carboxylic acids is 1. The molecule has 1 aliphatic rings. The van der Waals surface area contributed by atoms with E-state index in [9.17, 15) is 4.79 Å². The van der Waals surface area contributed by atoms with Gasteiger partial charge in [0.15, 0.2) is 0 Å². The molecule has 0 unspecified atom stereocenters. The summed E-state index contributed by atoms with van der Waals surface area (Å²) in [6.45, 7) is 0.910. The summed E-state index contributed by atoms with van der Waals surface area (Å²) in [4.78, 5) is 12.7. The van der Waals surface area contributed by atoms with Crippen LogP contribution in [-0.2, 0) is 17.6 Å². The van der Waals surface area contributed by atoms with Crippen molar-refractivity contribution < 1.29 is 9.90 Å². The first-order valence-electron chi connectivity index (χ1n) is 6.13. The maximum absolute atomic E-state index is 10.5. The van der Waals surface area contributed by atoms with Crippen LogP contribution in [0.25, 0.3) is 0 Å². The largest absolute Gasteiger partial charge is 0.481 e. The van der Waals surface area contributed by atoms with E-state index >= 15 is 0 Å². The molecule has 0 spiro atoms. The summed E-state index contributed by atoms with van der Waals surface area (Å²) >= 11 is 1.48. The van der Waals surface area contributed by atoms with Gasteiger partial charge in [-0.05, 0) is 18.1 Å². The molecule has 6 heteroatoms. The van der Waals surface area contributed by atoms with E-state index in [4.69, 9.17) is 5.11 Å². The average molecular weight is 275 g/mol. The molecule has 5 nitrogen and oxygen atoms in total. The van der Waals surface area contributed by atoms with Crippen LogP contribution in [0, 0.1) is 0 Å². The van der Waals surface area contributed by atoms with Gasteiger partial charge in [-0.1, -0.05) is 29.5 Å². The fourth-order valence-electron chi connectivity index (χ4n) is 2.21. The third kappa shape index (κ3) is 2.44. The van der Waals surface area contributed by atoms with Crippen molar-refractivity contribution in [3.63, 3.8) is 0 Å². The Morgan fingerprint density at radius 1 is 1.37 bits per heavy atom. The Bertz CT molecular complexity index is 611. The molecule has 0 saturated heterocycles. The fraction of sp³-hybridized carbons (Fsp3) is 0.308. The summed E-state index contributed by atoms with van der Waals surface area (Å²) in [5.74, 6) is -0.803. The van der Waals surface area contributed by atoms with Crippen LogP contribution in [0.3, 0.4) is 0 Å². The van der Waals surface area contributed by atoms with Crippen LogP contribution >= 0.6 is 11.3 Å². The molecule has 1 N–H and O–H groups in total. The molecule has 2 heterocycles. The monoisotopic (exact) mass is 275 g/mol. The number of para-hydroxylation sites is 1. The van der Waals surface area contributed by atoms with Crippen molar-refractivity contribution in [1.82, 2.24) is 10.2 Å². The van der Waals surface area contributed by atoms with E-state index in [-0.39, 0.29) is 6.42 Å². The second-order valence-corrected chi connectivity index (χ2v) is 5.44. The Balaban J connectivity index is 1.79. The first-order chi connectivity index (χ1) is 9.24. The molecule has 98 valence electrons. The van der Waals surface area contributed by atoms with Crippen molar-refractivity contribution >= 4 is 28.1 Å². The van der Waals surface area contributed by atoms with E-state index in [0.717, 1.165) is 23.1 Å². The van der Waals surface area contributed by atoms with Crippen molar-refractivity contribution in [2.45, 2.75) is 19.3 Å². The van der Waals surface area contributed by atoms with E-state index in [1.54, 1.807) is 0 Å². The first kappa shape index (κ1) is 12.1. The van der Waals surface area contributed by atoms with E-state index < -0.39 is 5.97 Å². The van der Waals surface area contributed by atoms with E-state index in [1.165, 1.54) is 22.6 Å². The fourth-order valence-corrected chi connectivity index (χ4v) is 3.08. The van der Waals surface area contributed by atoms with Crippen LogP contribution in [0.1, 0.15) is 17.0 Å². The van der Waals surface area contributed by atoms with Crippen molar-refractivity contribution in [3.05, 3.63) is 34.8 Å². The lowest BCUT2D eigenvalue weighted by Gasteiger charge is -2.14. The van der Waals surface area contributed by atoms with Gasteiger partial charge < -0.3 is 10.0 Å². The SMILES string of the molecule is O=C(O)CCc1nnc(N2CCc3ccccc32)s1. The van der Waals surface area contributed by atoms with Crippen LogP contribution in [0.15, 0.2) is 24.3 Å². The summed E-state index contributed by atoms with van der Waals surface area (Å²) in [6.07, 6.45) is 1.56. The Morgan fingerprint density at radius 2 is 2.21 bits per heavy atom. The molecule has 0 radical (unpaired) electrons. The van der Waals surface area contributed by atoms with Gasteiger partial charge in [-0.25, -0.2) is 0 Å². The smallest absolute Gasteiger partial charge is 0.303 e. The van der Waals surface area contributed by atoms with Crippen molar-refractivity contribution in [3.8, 4) is 0 Å². The number of hydrogen-bond donors (Lipinski definition) is 1. The number of carboxylic acids is 1. The van der Waals surface area contributed by atoms with Gasteiger partial charge >= 0.3 is 5.97 Å². The average Bonchev–Trinajstić information content (AvgIpc) is 3.02. The van der Waals surface area contributed by atoms with E-state index in [1.807, 2.05) is 12.1 Å². The van der Waals surface area contributed by atoms with Gasteiger partial charge in [-0.2, -0.15) is 0 Å². The second-order valence-electron chi connectivity index (χ2n) is 4.40. The summed E-state index contributed by atoms with van der Waals surface area (Å²) in [6, 6.07) is 8.27. The van der Waals surface area contributed by atoms with E-state index in [0.29, 0.717) is 6.42 Å². The van der Waals surface area contributed by atoms with Crippen LogP contribution in [0.4, 0.5) is 10.8 Å². The van der Waals surface area contributed by atoms with Gasteiger partial charge in [0.25, 0.3) is 0 Å². The molecular formula is C13H13N3O2S. The standard InChI is InChI=1S/C13H13N3O2S/c17-12(18)6-5-11-14-15-13(19-11)16-8-7-9-3-1-2-4-10(9)16/h1-4H,5-8H2,(H,17,18). The highest BCUT2D eigenvalue weighted by Crippen LogP contribution is 2.35. The minimum Gasteiger partial charge on any atom is -0.481 e. The number of carbonyl (C=O) groups is 1. The lowest BCUT2D eigenvalue weighted by Crippen LogP contribution is -2.12. The lowest BCUT2D eigenvalue weighted by molar-refractivity contribution is -0.136. The van der Waals surface area contributed by atoms with Crippen LogP contribution in [0.5, 0.6) is 0 Å². The molecule has 2 aromatic rings. The highest BCUT2D eigenvalue weighted by atomic mass is 32.1. The molecule has 0 saturated carbocycles. The number of aryl methyl sites for hydroxylation is 1. The summed E-state index contributed by atoms with van der Waals surface area (Å²) in [5, 5.41) is 18.5. The maximum Gasteiger partial charge on any atom is 0.303 e. The zero-order chi connectivity index (χ0) is 13.2. The lowest BCUT2D eigenvalue weighted by atomic mass is 10.2. The molecule has 0 bridgehead atoms. The highest BCUT2D eigenvalue weighted by molar-refractivity contribution is 7.15. The van der Waals surface area contributed by atoms with Gasteiger partial charge in [0.05, 0.1) is 6.42 Å². The number of carboxylic acid groups (broad SMARTS) is 1. The molecule has 19 heavy (non-hydrogen) atoms. The van der Waals surface area contributed by atoms with Crippen LogP contribution < -0.4 is 4.90 Å². The molecular weight excluding hydrogens is 262 g/mol. The van der Waals surface area contributed by atoms with Crippen molar-refractivity contribution in [2.24, 2.45) is 0 Å². The first-order valence-corrected chi connectivity index (χ1v) is 6.95. The minimum absolute atomic E-state index is 0.102. The number of hydrogen-bond acceptors (Lipinski definition) is 5.